The maximum Gasteiger partial charge on any atom is 0.0377 e. The lowest BCUT2D eigenvalue weighted by Gasteiger charge is -2.26. The minimum Gasteiger partial charge on any atom is -0.372 e. The predicted octanol–water partition coefficient (Wildman–Crippen LogP) is 4.57. The van der Waals surface area contributed by atoms with Gasteiger partial charge in [-0.05, 0) is 43.4 Å². The lowest BCUT2D eigenvalue weighted by atomic mass is 10.1. The van der Waals surface area contributed by atoms with Crippen molar-refractivity contribution in [1.29, 1.82) is 0 Å². The van der Waals surface area contributed by atoms with Gasteiger partial charge in [-0.3, -0.25) is 0 Å². The average molecular weight is 339 g/mol. The number of anilines is 1. The van der Waals surface area contributed by atoms with Gasteiger partial charge in [0, 0.05) is 35.8 Å². The summed E-state index contributed by atoms with van der Waals surface area (Å²) in [6.45, 7) is 10.0. The van der Waals surface area contributed by atoms with E-state index in [1.807, 2.05) is 0 Å². The molecule has 2 nitrogen and oxygen atoms in total. The second-order valence-electron chi connectivity index (χ2n) is 5.98. The highest BCUT2D eigenvalue weighted by atomic mass is 79.9. The smallest absolute Gasteiger partial charge is 0.0377 e. The van der Waals surface area contributed by atoms with Crippen molar-refractivity contribution in [2.45, 2.75) is 52.6 Å². The van der Waals surface area contributed by atoms with Crippen molar-refractivity contribution in [2.24, 2.45) is 5.92 Å². The SMILES string of the molecule is CCC(C)CN(CC)c1ccc(CNC2CC2)c(Br)c1. The summed E-state index contributed by atoms with van der Waals surface area (Å²) < 4.78 is 1.23. The molecular formula is C17H27BrN2. The van der Waals surface area contributed by atoms with Crippen molar-refractivity contribution >= 4 is 21.6 Å². The van der Waals surface area contributed by atoms with Crippen LogP contribution < -0.4 is 10.2 Å². The first kappa shape index (κ1) is 15.8. The lowest BCUT2D eigenvalue weighted by molar-refractivity contribution is 0.548. The van der Waals surface area contributed by atoms with Crippen LogP contribution in [0.5, 0.6) is 0 Å². The molecule has 1 unspecified atom stereocenters. The number of hydrogen-bond acceptors (Lipinski definition) is 2. The summed E-state index contributed by atoms with van der Waals surface area (Å²) in [6, 6.07) is 7.56. The molecule has 1 aliphatic rings. The Morgan fingerprint density at radius 2 is 2.10 bits per heavy atom. The van der Waals surface area contributed by atoms with E-state index in [0.29, 0.717) is 0 Å². The highest BCUT2D eigenvalue weighted by molar-refractivity contribution is 9.10. The Morgan fingerprint density at radius 1 is 1.35 bits per heavy atom. The largest absolute Gasteiger partial charge is 0.372 e. The Balaban J connectivity index is 2.01. The summed E-state index contributed by atoms with van der Waals surface area (Å²) in [6.07, 6.45) is 3.92. The van der Waals surface area contributed by atoms with Gasteiger partial charge in [0.25, 0.3) is 0 Å². The molecule has 3 heteroatoms. The Hall–Kier alpha value is -0.540. The normalized spacial score (nSPS) is 16.2. The summed E-state index contributed by atoms with van der Waals surface area (Å²) in [5.74, 6) is 0.741. The highest BCUT2D eigenvalue weighted by Gasteiger charge is 2.20. The monoisotopic (exact) mass is 338 g/mol. The van der Waals surface area contributed by atoms with Crippen molar-refractivity contribution in [2.75, 3.05) is 18.0 Å². The minimum atomic E-state index is 0.741. The molecule has 1 aliphatic carbocycles. The molecule has 1 aromatic rings. The van der Waals surface area contributed by atoms with E-state index in [4.69, 9.17) is 0 Å². The van der Waals surface area contributed by atoms with Crippen LogP contribution in [0.15, 0.2) is 22.7 Å². The molecule has 2 rings (SSSR count). The van der Waals surface area contributed by atoms with Crippen molar-refractivity contribution in [3.8, 4) is 0 Å². The van der Waals surface area contributed by atoms with E-state index in [9.17, 15) is 0 Å². The highest BCUT2D eigenvalue weighted by Crippen LogP contribution is 2.26. The van der Waals surface area contributed by atoms with Gasteiger partial charge in [0.05, 0.1) is 0 Å². The van der Waals surface area contributed by atoms with Gasteiger partial charge >= 0.3 is 0 Å². The second-order valence-corrected chi connectivity index (χ2v) is 6.84. The number of rotatable bonds is 8. The maximum absolute atomic E-state index is 3.73. The van der Waals surface area contributed by atoms with Crippen LogP contribution >= 0.6 is 15.9 Å². The van der Waals surface area contributed by atoms with E-state index in [0.717, 1.165) is 31.6 Å². The van der Waals surface area contributed by atoms with Gasteiger partial charge in [-0.2, -0.15) is 0 Å². The standard InChI is InChI=1S/C17H27BrN2/c1-4-13(3)12-20(5-2)16-9-6-14(17(18)10-16)11-19-15-7-8-15/h6,9-10,13,15,19H,4-5,7-8,11-12H2,1-3H3. The van der Waals surface area contributed by atoms with Crippen molar-refractivity contribution in [3.05, 3.63) is 28.2 Å². The van der Waals surface area contributed by atoms with Gasteiger partial charge in [-0.15, -0.1) is 0 Å². The van der Waals surface area contributed by atoms with E-state index in [1.165, 1.54) is 35.0 Å². The first-order valence-electron chi connectivity index (χ1n) is 7.90. The number of benzene rings is 1. The molecule has 1 atom stereocenters. The van der Waals surface area contributed by atoms with E-state index >= 15 is 0 Å². The van der Waals surface area contributed by atoms with Crippen molar-refractivity contribution < 1.29 is 0 Å². The summed E-state index contributed by atoms with van der Waals surface area (Å²) in [5, 5.41) is 3.57. The predicted molar refractivity (Wildman–Crippen MR) is 91.3 cm³/mol. The second kappa shape index (κ2) is 7.46. The summed E-state index contributed by atoms with van der Waals surface area (Å²) in [5.41, 5.74) is 2.69. The van der Waals surface area contributed by atoms with E-state index in [1.54, 1.807) is 0 Å². The first-order valence-corrected chi connectivity index (χ1v) is 8.70. The topological polar surface area (TPSA) is 15.3 Å². The Kier molecular flexibility index (Phi) is 5.91. The quantitative estimate of drug-likeness (QED) is 0.746. The van der Waals surface area contributed by atoms with Gasteiger partial charge < -0.3 is 10.2 Å². The zero-order valence-corrected chi connectivity index (χ0v) is 14.5. The average Bonchev–Trinajstić information content (AvgIpc) is 3.27. The Labute approximate surface area is 132 Å². The molecule has 0 radical (unpaired) electrons. The van der Waals surface area contributed by atoms with Gasteiger partial charge in [0.1, 0.15) is 0 Å². The summed E-state index contributed by atoms with van der Waals surface area (Å²) in [7, 11) is 0. The van der Waals surface area contributed by atoms with Crippen LogP contribution in [0.3, 0.4) is 0 Å². The van der Waals surface area contributed by atoms with E-state index in [-0.39, 0.29) is 0 Å². The number of halogens is 1. The molecule has 0 bridgehead atoms. The van der Waals surface area contributed by atoms with Crippen molar-refractivity contribution in [1.82, 2.24) is 5.32 Å². The first-order chi connectivity index (χ1) is 9.63. The molecule has 0 aliphatic heterocycles. The fraction of sp³-hybridized carbons (Fsp3) is 0.647. The Morgan fingerprint density at radius 3 is 2.65 bits per heavy atom. The molecule has 0 aromatic heterocycles. The van der Waals surface area contributed by atoms with E-state index in [2.05, 4.69) is 65.1 Å². The molecular weight excluding hydrogens is 312 g/mol. The molecule has 20 heavy (non-hydrogen) atoms. The summed E-state index contributed by atoms with van der Waals surface area (Å²) in [4.78, 5) is 2.47. The molecule has 0 spiro atoms. The molecule has 1 saturated carbocycles. The van der Waals surface area contributed by atoms with Crippen LogP contribution in [-0.4, -0.2) is 19.1 Å². The lowest BCUT2D eigenvalue weighted by Crippen LogP contribution is -2.28. The van der Waals surface area contributed by atoms with Crippen LogP contribution in [0.1, 0.15) is 45.6 Å². The number of hydrogen-bond donors (Lipinski definition) is 1. The maximum atomic E-state index is 3.73. The number of nitrogens with one attached hydrogen (secondary N) is 1. The third-order valence-electron chi connectivity index (χ3n) is 4.17. The van der Waals surface area contributed by atoms with Crippen LogP contribution in [0, 0.1) is 5.92 Å². The molecule has 1 aromatic carbocycles. The summed E-state index contributed by atoms with van der Waals surface area (Å²) >= 11 is 3.73. The molecule has 1 fully saturated rings. The molecule has 1 N–H and O–H groups in total. The molecule has 0 amide bonds. The van der Waals surface area contributed by atoms with Gasteiger partial charge in [-0.25, -0.2) is 0 Å². The van der Waals surface area contributed by atoms with Gasteiger partial charge in [0.15, 0.2) is 0 Å². The van der Waals surface area contributed by atoms with Crippen LogP contribution in [0.2, 0.25) is 0 Å². The zero-order chi connectivity index (χ0) is 14.5. The molecule has 0 saturated heterocycles. The third kappa shape index (κ3) is 4.49. The van der Waals surface area contributed by atoms with Gasteiger partial charge in [-0.1, -0.05) is 42.3 Å². The van der Waals surface area contributed by atoms with E-state index < -0.39 is 0 Å². The van der Waals surface area contributed by atoms with Crippen LogP contribution in [0.4, 0.5) is 5.69 Å². The minimum absolute atomic E-state index is 0.741. The zero-order valence-electron chi connectivity index (χ0n) is 13.0. The number of nitrogens with zero attached hydrogens (tertiary/aromatic N) is 1. The Bertz CT molecular complexity index is 429. The fourth-order valence-corrected chi connectivity index (χ4v) is 2.85. The molecule has 112 valence electrons. The van der Waals surface area contributed by atoms with Crippen LogP contribution in [-0.2, 0) is 6.54 Å². The van der Waals surface area contributed by atoms with Gasteiger partial charge in [0.2, 0.25) is 0 Å². The van der Waals surface area contributed by atoms with Crippen LogP contribution in [0.25, 0.3) is 0 Å². The fourth-order valence-electron chi connectivity index (χ4n) is 2.34. The third-order valence-corrected chi connectivity index (χ3v) is 4.91. The molecule has 0 heterocycles. The van der Waals surface area contributed by atoms with Crippen molar-refractivity contribution in [3.63, 3.8) is 0 Å².